The number of phenols is 1. The van der Waals surface area contributed by atoms with Gasteiger partial charge in [-0.2, -0.15) is 0 Å². The lowest BCUT2D eigenvalue weighted by Crippen LogP contribution is -2.53. The summed E-state index contributed by atoms with van der Waals surface area (Å²) in [5.74, 6) is -3.96. The lowest BCUT2D eigenvalue weighted by molar-refractivity contribution is -0.114. The summed E-state index contributed by atoms with van der Waals surface area (Å²) < 4.78 is 13.5. The van der Waals surface area contributed by atoms with Crippen LogP contribution in [-0.2, 0) is 17.8 Å². The standard InChI is InChI=1S/C27H33FN4O5/c1-31(2)22-16-10-14-9-12-3-4-13(11-32-7-5-15(28)6-8-32)23(33)17(12)24(34)18(14)25(35)19(16)21(29)20(26(22)36)27(30)37/h3-4,14-16,19,22,29,33,35-36H,5-11H2,1-2H3,(H2,30,37)/t14-,16+,19?,22-/m0/s1. The van der Waals surface area contributed by atoms with E-state index in [1.165, 1.54) is 0 Å². The van der Waals surface area contributed by atoms with Crippen molar-refractivity contribution in [1.29, 1.82) is 5.41 Å². The first kappa shape index (κ1) is 25.4. The maximum Gasteiger partial charge on any atom is 0.254 e. The minimum atomic E-state index is -0.977. The number of benzene rings is 1. The first-order valence-corrected chi connectivity index (χ1v) is 12.7. The molecule has 9 nitrogen and oxygen atoms in total. The number of likely N-dealkylation sites (N-methyl/N-ethyl adjacent to an activating group) is 1. The predicted molar refractivity (Wildman–Crippen MR) is 134 cm³/mol. The molecule has 1 aliphatic heterocycles. The van der Waals surface area contributed by atoms with Gasteiger partial charge in [-0.3, -0.25) is 19.4 Å². The number of allylic oxidation sites excluding steroid dienone is 2. The Morgan fingerprint density at radius 2 is 1.86 bits per heavy atom. The Morgan fingerprint density at radius 1 is 1.19 bits per heavy atom. The van der Waals surface area contributed by atoms with Gasteiger partial charge in [-0.05, 0) is 57.2 Å². The van der Waals surface area contributed by atoms with E-state index in [-0.39, 0.29) is 45.6 Å². The number of piperidine rings is 1. The number of nitrogens with two attached hydrogens (primary N) is 1. The first-order chi connectivity index (χ1) is 17.5. The molecule has 1 saturated heterocycles. The van der Waals surface area contributed by atoms with Crippen LogP contribution in [0.15, 0.2) is 34.8 Å². The van der Waals surface area contributed by atoms with Gasteiger partial charge in [0.15, 0.2) is 5.78 Å². The van der Waals surface area contributed by atoms with E-state index < -0.39 is 35.7 Å². The summed E-state index contributed by atoms with van der Waals surface area (Å²) in [6, 6.07) is 2.97. The number of aliphatic hydroxyl groups is 2. The normalized spacial score (nSPS) is 28.9. The second-order valence-electron chi connectivity index (χ2n) is 10.9. The number of likely N-dealkylation sites (tertiary alicyclic amines) is 1. The highest BCUT2D eigenvalue weighted by Crippen LogP contribution is 2.50. The van der Waals surface area contributed by atoms with Crippen LogP contribution in [0, 0.1) is 23.2 Å². The highest BCUT2D eigenvalue weighted by Gasteiger charge is 2.53. The van der Waals surface area contributed by atoms with Crippen molar-refractivity contribution >= 4 is 17.4 Å². The van der Waals surface area contributed by atoms with Crippen LogP contribution < -0.4 is 5.73 Å². The third-order valence-corrected chi connectivity index (χ3v) is 8.49. The Morgan fingerprint density at radius 3 is 2.49 bits per heavy atom. The second-order valence-corrected chi connectivity index (χ2v) is 10.9. The number of aliphatic hydroxyl groups excluding tert-OH is 2. The zero-order valence-electron chi connectivity index (χ0n) is 21.0. The quantitative estimate of drug-likeness (QED) is 0.415. The number of nitrogens with one attached hydrogen (secondary N) is 1. The van der Waals surface area contributed by atoms with E-state index in [9.17, 15) is 29.3 Å². The average Bonchev–Trinajstić information content (AvgIpc) is 2.81. The number of ketones is 1. The van der Waals surface area contributed by atoms with Crippen molar-refractivity contribution in [2.24, 2.45) is 23.5 Å². The molecule has 0 spiro atoms. The van der Waals surface area contributed by atoms with Crippen LogP contribution in [0.3, 0.4) is 0 Å². The lowest BCUT2D eigenvalue weighted by Gasteiger charge is -2.47. The van der Waals surface area contributed by atoms with Gasteiger partial charge < -0.3 is 26.5 Å². The van der Waals surface area contributed by atoms with Gasteiger partial charge >= 0.3 is 0 Å². The summed E-state index contributed by atoms with van der Waals surface area (Å²) in [5.41, 5.74) is 6.38. The number of nitrogens with zero attached hydrogens (tertiary/aromatic N) is 2. The van der Waals surface area contributed by atoms with Crippen LogP contribution in [0.1, 0.15) is 40.7 Å². The topological polar surface area (TPSA) is 151 Å². The van der Waals surface area contributed by atoms with Gasteiger partial charge in [0.05, 0.1) is 28.8 Å². The van der Waals surface area contributed by atoms with E-state index in [4.69, 9.17) is 11.1 Å². The van der Waals surface area contributed by atoms with Crippen molar-refractivity contribution in [2.75, 3.05) is 27.2 Å². The van der Waals surface area contributed by atoms with Crippen molar-refractivity contribution in [1.82, 2.24) is 9.80 Å². The number of aromatic hydroxyl groups is 1. The minimum absolute atomic E-state index is 0.133. The fourth-order valence-corrected chi connectivity index (χ4v) is 6.77. The molecule has 6 N–H and O–H groups in total. The monoisotopic (exact) mass is 512 g/mol. The summed E-state index contributed by atoms with van der Waals surface area (Å²) in [4.78, 5) is 29.7. The first-order valence-electron chi connectivity index (χ1n) is 12.7. The molecule has 10 heteroatoms. The van der Waals surface area contributed by atoms with Gasteiger partial charge in [-0.1, -0.05) is 12.1 Å². The molecule has 0 aromatic heterocycles. The second kappa shape index (κ2) is 9.25. The van der Waals surface area contributed by atoms with Gasteiger partial charge in [0.25, 0.3) is 5.91 Å². The lowest BCUT2D eigenvalue weighted by atomic mass is 9.60. The van der Waals surface area contributed by atoms with E-state index in [1.807, 2.05) is 11.0 Å². The van der Waals surface area contributed by atoms with Crippen molar-refractivity contribution < 1.29 is 29.3 Å². The molecule has 1 fully saturated rings. The molecule has 1 heterocycles. The Hall–Kier alpha value is -3.24. The highest BCUT2D eigenvalue weighted by molar-refractivity contribution is 6.23. The predicted octanol–water partition coefficient (Wildman–Crippen LogP) is 2.39. The van der Waals surface area contributed by atoms with Gasteiger partial charge in [0, 0.05) is 30.8 Å². The fraction of sp³-hybridized carbons (Fsp3) is 0.519. The molecule has 198 valence electrons. The minimum Gasteiger partial charge on any atom is -0.511 e. The van der Waals surface area contributed by atoms with Crippen LogP contribution in [0.4, 0.5) is 4.39 Å². The molecule has 5 rings (SSSR count). The largest absolute Gasteiger partial charge is 0.511 e. The maximum absolute atomic E-state index is 13.8. The number of hydrogen-bond donors (Lipinski definition) is 5. The van der Waals surface area contributed by atoms with E-state index in [0.717, 1.165) is 0 Å². The van der Waals surface area contributed by atoms with E-state index in [1.54, 1.807) is 25.1 Å². The number of rotatable bonds is 4. The molecular formula is C27H33FN4O5. The molecule has 3 aliphatic carbocycles. The molecule has 37 heavy (non-hydrogen) atoms. The Labute approximate surface area is 214 Å². The molecule has 1 amide bonds. The van der Waals surface area contributed by atoms with Crippen molar-refractivity contribution in [3.8, 4) is 5.75 Å². The molecule has 1 aromatic carbocycles. The number of fused-ring (bicyclic) bond motifs is 3. The Balaban J connectivity index is 1.54. The highest BCUT2D eigenvalue weighted by atomic mass is 19.1. The third kappa shape index (κ3) is 4.02. The number of primary amides is 1. The van der Waals surface area contributed by atoms with Crippen LogP contribution in [-0.4, -0.2) is 81.9 Å². The van der Waals surface area contributed by atoms with Crippen LogP contribution in [0.2, 0.25) is 0 Å². The number of halogens is 1. The summed E-state index contributed by atoms with van der Waals surface area (Å²) >= 11 is 0. The van der Waals surface area contributed by atoms with Crippen molar-refractivity contribution in [3.05, 3.63) is 51.5 Å². The number of amides is 1. The molecule has 1 unspecified atom stereocenters. The number of phenolic OH excluding ortho intramolecular Hbond substituents is 1. The maximum atomic E-state index is 13.8. The smallest absolute Gasteiger partial charge is 0.254 e. The average molecular weight is 513 g/mol. The molecular weight excluding hydrogens is 479 g/mol. The summed E-state index contributed by atoms with van der Waals surface area (Å²) in [6.45, 7) is 1.53. The van der Waals surface area contributed by atoms with E-state index in [2.05, 4.69) is 0 Å². The van der Waals surface area contributed by atoms with E-state index in [0.29, 0.717) is 56.4 Å². The zero-order valence-corrected chi connectivity index (χ0v) is 21.0. The Kier molecular flexibility index (Phi) is 6.35. The fourth-order valence-electron chi connectivity index (χ4n) is 6.77. The van der Waals surface area contributed by atoms with Crippen LogP contribution in [0.5, 0.6) is 5.75 Å². The molecule has 0 radical (unpaired) electrons. The third-order valence-electron chi connectivity index (χ3n) is 8.49. The molecule has 1 aromatic rings. The zero-order chi connectivity index (χ0) is 26.8. The van der Waals surface area contributed by atoms with Gasteiger partial charge in [-0.25, -0.2) is 4.39 Å². The molecule has 4 aliphatic rings. The van der Waals surface area contributed by atoms with E-state index >= 15 is 0 Å². The molecule has 4 atom stereocenters. The van der Waals surface area contributed by atoms with Crippen LogP contribution in [0.25, 0.3) is 0 Å². The van der Waals surface area contributed by atoms with Crippen LogP contribution >= 0.6 is 0 Å². The SMILES string of the molecule is CN(C)[C@@H]1C(O)=C(C(N)=O)C(=N)C2C(O)=C3C(=O)c4c(ccc(CN5CCC(F)CC5)c4O)C[C@H]3C[C@H]21. The summed E-state index contributed by atoms with van der Waals surface area (Å²) in [6.07, 6.45) is 0.872. The number of Topliss-reactive ketones (excluding diaryl/α,β-unsaturated/α-hetero) is 1. The summed E-state index contributed by atoms with van der Waals surface area (Å²) in [5, 5.41) is 42.0. The Bertz CT molecular complexity index is 1250. The number of alkyl halides is 1. The molecule has 0 saturated carbocycles. The summed E-state index contributed by atoms with van der Waals surface area (Å²) in [7, 11) is 3.47. The van der Waals surface area contributed by atoms with Gasteiger partial charge in [0.2, 0.25) is 0 Å². The number of carbonyl (C=O) groups is 2. The van der Waals surface area contributed by atoms with Crippen molar-refractivity contribution in [2.45, 2.75) is 44.4 Å². The van der Waals surface area contributed by atoms with Crippen molar-refractivity contribution in [3.63, 3.8) is 0 Å². The van der Waals surface area contributed by atoms with Gasteiger partial charge in [0.1, 0.15) is 23.4 Å². The van der Waals surface area contributed by atoms with Gasteiger partial charge in [-0.15, -0.1) is 0 Å². The molecule has 0 bridgehead atoms. The number of hydrogen-bond acceptors (Lipinski definition) is 8. The number of carbonyl (C=O) groups excluding carboxylic acids is 2.